The highest BCUT2D eigenvalue weighted by Gasteiger charge is 2.16. The van der Waals surface area contributed by atoms with Crippen LogP contribution >= 0.6 is 0 Å². The van der Waals surface area contributed by atoms with Crippen molar-refractivity contribution in [2.24, 2.45) is 5.92 Å². The number of amides is 2. The number of nitrogens with one attached hydrogen (secondary N) is 2. The summed E-state index contributed by atoms with van der Waals surface area (Å²) in [6.07, 6.45) is 6.82. The first-order valence-electron chi connectivity index (χ1n) is 6.88. The fraction of sp³-hybridized carbons (Fsp3) is 0.846. The van der Waals surface area contributed by atoms with Crippen LogP contribution in [0.15, 0.2) is 0 Å². The Kier molecular flexibility index (Phi) is 6.54. The Hall–Kier alpha value is -1.26. The highest BCUT2D eigenvalue weighted by molar-refractivity contribution is 5.75. The Bertz CT molecular complexity index is 275. The third-order valence-electron chi connectivity index (χ3n) is 3.56. The van der Waals surface area contributed by atoms with Crippen LogP contribution in [-0.2, 0) is 4.79 Å². The van der Waals surface area contributed by atoms with Crippen molar-refractivity contribution >= 4 is 12.0 Å². The van der Waals surface area contributed by atoms with Gasteiger partial charge in [-0.3, -0.25) is 4.79 Å². The van der Waals surface area contributed by atoms with E-state index in [4.69, 9.17) is 5.11 Å². The van der Waals surface area contributed by atoms with Gasteiger partial charge in [-0.1, -0.05) is 32.6 Å². The van der Waals surface area contributed by atoms with Crippen molar-refractivity contribution in [3.8, 4) is 0 Å². The summed E-state index contributed by atoms with van der Waals surface area (Å²) in [5, 5.41) is 14.2. The van der Waals surface area contributed by atoms with E-state index in [0.29, 0.717) is 13.0 Å². The van der Waals surface area contributed by atoms with Gasteiger partial charge in [-0.2, -0.15) is 0 Å². The number of carboxylic acids is 1. The first-order chi connectivity index (χ1) is 8.61. The predicted octanol–water partition coefficient (Wildman–Crippen LogP) is 2.12. The monoisotopic (exact) mass is 256 g/mol. The van der Waals surface area contributed by atoms with Crippen LogP contribution in [0.1, 0.15) is 51.9 Å². The summed E-state index contributed by atoms with van der Waals surface area (Å²) in [4.78, 5) is 22.1. The molecule has 1 atom stereocenters. The molecule has 18 heavy (non-hydrogen) atoms. The molecule has 0 aromatic rings. The predicted molar refractivity (Wildman–Crippen MR) is 69.4 cm³/mol. The lowest BCUT2D eigenvalue weighted by molar-refractivity contribution is -0.137. The summed E-state index contributed by atoms with van der Waals surface area (Å²) in [6.45, 7) is 2.55. The minimum absolute atomic E-state index is 0.0213. The topological polar surface area (TPSA) is 78.4 Å². The lowest BCUT2D eigenvalue weighted by Crippen LogP contribution is -2.43. The second-order valence-corrected chi connectivity index (χ2v) is 5.04. The molecule has 2 amide bonds. The van der Waals surface area contributed by atoms with Gasteiger partial charge in [0.1, 0.15) is 0 Å². The average molecular weight is 256 g/mol. The zero-order valence-electron chi connectivity index (χ0n) is 11.1. The molecule has 0 aliphatic heterocycles. The largest absolute Gasteiger partial charge is 0.481 e. The van der Waals surface area contributed by atoms with Crippen molar-refractivity contribution in [1.82, 2.24) is 10.6 Å². The number of urea groups is 1. The maximum Gasteiger partial charge on any atom is 0.315 e. The molecular weight excluding hydrogens is 232 g/mol. The summed E-state index contributed by atoms with van der Waals surface area (Å²) in [7, 11) is 0. The van der Waals surface area contributed by atoms with Crippen molar-refractivity contribution in [3.05, 3.63) is 0 Å². The number of aliphatic carboxylic acids is 1. The van der Waals surface area contributed by atoms with Gasteiger partial charge in [0.05, 0.1) is 6.42 Å². The van der Waals surface area contributed by atoms with Gasteiger partial charge in [0.25, 0.3) is 0 Å². The molecule has 0 saturated heterocycles. The van der Waals surface area contributed by atoms with Crippen LogP contribution in [0.25, 0.3) is 0 Å². The second kappa shape index (κ2) is 7.95. The van der Waals surface area contributed by atoms with Crippen molar-refractivity contribution in [3.63, 3.8) is 0 Å². The number of hydrogen-bond donors (Lipinski definition) is 3. The highest BCUT2D eigenvalue weighted by Crippen LogP contribution is 2.26. The number of carbonyl (C=O) groups excluding carboxylic acids is 1. The zero-order valence-corrected chi connectivity index (χ0v) is 11.1. The summed E-state index contributed by atoms with van der Waals surface area (Å²) >= 11 is 0. The first-order valence-corrected chi connectivity index (χ1v) is 6.88. The molecule has 0 bridgehead atoms. The smallest absolute Gasteiger partial charge is 0.315 e. The number of carboxylic acid groups (broad SMARTS) is 1. The lowest BCUT2D eigenvalue weighted by atomic mass is 10.0. The normalized spacial score (nSPS) is 17.4. The minimum atomic E-state index is -0.881. The van der Waals surface area contributed by atoms with Crippen molar-refractivity contribution in [1.29, 1.82) is 0 Å². The molecule has 1 aliphatic rings. The van der Waals surface area contributed by atoms with Crippen LogP contribution in [0.3, 0.4) is 0 Å². The van der Waals surface area contributed by atoms with E-state index < -0.39 is 5.97 Å². The molecule has 5 nitrogen and oxygen atoms in total. The van der Waals surface area contributed by atoms with E-state index in [-0.39, 0.29) is 18.5 Å². The van der Waals surface area contributed by atoms with Crippen molar-refractivity contribution in [2.45, 2.75) is 57.9 Å². The molecule has 5 heteroatoms. The highest BCUT2D eigenvalue weighted by atomic mass is 16.4. The van der Waals surface area contributed by atoms with E-state index in [1.165, 1.54) is 25.7 Å². The van der Waals surface area contributed by atoms with E-state index in [2.05, 4.69) is 10.6 Å². The standard InChI is InChI=1S/C13H24N2O3/c1-2-11(9-12(16)17)15-13(18)14-8-7-10-5-3-4-6-10/h10-11H,2-9H2,1H3,(H,16,17)(H2,14,15,18). The molecule has 0 heterocycles. The van der Waals surface area contributed by atoms with Crippen LogP contribution in [0.4, 0.5) is 4.79 Å². The third kappa shape index (κ3) is 5.89. The summed E-state index contributed by atoms with van der Waals surface area (Å²) < 4.78 is 0. The minimum Gasteiger partial charge on any atom is -0.481 e. The van der Waals surface area contributed by atoms with E-state index in [1.807, 2.05) is 6.92 Å². The third-order valence-corrected chi connectivity index (χ3v) is 3.56. The van der Waals surface area contributed by atoms with Gasteiger partial charge in [0.15, 0.2) is 0 Å². The SMILES string of the molecule is CCC(CC(=O)O)NC(=O)NCCC1CCCC1. The summed E-state index contributed by atoms with van der Waals surface area (Å²) in [5.74, 6) is -0.126. The molecule has 0 aromatic heterocycles. The second-order valence-electron chi connectivity index (χ2n) is 5.04. The first kappa shape index (κ1) is 14.8. The fourth-order valence-corrected chi connectivity index (χ4v) is 2.43. The summed E-state index contributed by atoms with van der Waals surface area (Å²) in [5.41, 5.74) is 0. The molecule has 1 aliphatic carbocycles. The van der Waals surface area contributed by atoms with Gasteiger partial charge < -0.3 is 15.7 Å². The maximum atomic E-state index is 11.6. The Morgan fingerprint density at radius 2 is 2.00 bits per heavy atom. The van der Waals surface area contributed by atoms with Crippen LogP contribution in [0.2, 0.25) is 0 Å². The van der Waals surface area contributed by atoms with Gasteiger partial charge in [0.2, 0.25) is 0 Å². The molecule has 0 radical (unpaired) electrons. The molecule has 1 saturated carbocycles. The number of hydrogen-bond acceptors (Lipinski definition) is 2. The molecule has 3 N–H and O–H groups in total. The van der Waals surface area contributed by atoms with Crippen molar-refractivity contribution < 1.29 is 14.7 Å². The van der Waals surface area contributed by atoms with Crippen LogP contribution in [0.5, 0.6) is 0 Å². The van der Waals surface area contributed by atoms with E-state index in [9.17, 15) is 9.59 Å². The van der Waals surface area contributed by atoms with E-state index >= 15 is 0 Å². The Morgan fingerprint density at radius 1 is 1.33 bits per heavy atom. The Labute approximate surface area is 108 Å². The van der Waals surface area contributed by atoms with Crippen LogP contribution in [0, 0.1) is 5.92 Å². The molecular formula is C13H24N2O3. The van der Waals surface area contributed by atoms with Gasteiger partial charge >= 0.3 is 12.0 Å². The molecule has 1 unspecified atom stereocenters. The van der Waals surface area contributed by atoms with Gasteiger partial charge in [-0.25, -0.2) is 4.79 Å². The number of carbonyl (C=O) groups is 2. The number of rotatable bonds is 7. The zero-order chi connectivity index (χ0) is 13.4. The molecule has 0 aromatic carbocycles. The molecule has 1 rings (SSSR count). The maximum absolute atomic E-state index is 11.6. The van der Waals surface area contributed by atoms with Gasteiger partial charge in [-0.15, -0.1) is 0 Å². The molecule has 1 fully saturated rings. The van der Waals surface area contributed by atoms with Gasteiger partial charge in [0, 0.05) is 12.6 Å². The fourth-order valence-electron chi connectivity index (χ4n) is 2.43. The quantitative estimate of drug-likeness (QED) is 0.653. The van der Waals surface area contributed by atoms with E-state index in [1.54, 1.807) is 0 Å². The van der Waals surface area contributed by atoms with Crippen LogP contribution < -0.4 is 10.6 Å². The van der Waals surface area contributed by atoms with Gasteiger partial charge in [-0.05, 0) is 18.8 Å². The lowest BCUT2D eigenvalue weighted by Gasteiger charge is -2.16. The Morgan fingerprint density at radius 3 is 2.56 bits per heavy atom. The van der Waals surface area contributed by atoms with E-state index in [0.717, 1.165) is 12.3 Å². The molecule has 104 valence electrons. The average Bonchev–Trinajstić information content (AvgIpc) is 2.80. The summed E-state index contributed by atoms with van der Waals surface area (Å²) in [6, 6.07) is -0.532. The van der Waals surface area contributed by atoms with Crippen LogP contribution in [-0.4, -0.2) is 29.7 Å². The van der Waals surface area contributed by atoms with Crippen molar-refractivity contribution in [2.75, 3.05) is 6.54 Å². The molecule has 0 spiro atoms. The Balaban J connectivity index is 2.13.